The van der Waals surface area contributed by atoms with E-state index in [1.54, 1.807) is 12.4 Å². The summed E-state index contributed by atoms with van der Waals surface area (Å²) in [5.74, 6) is 0.658. The van der Waals surface area contributed by atoms with Crippen molar-refractivity contribution in [3.05, 3.63) is 90.3 Å². The van der Waals surface area contributed by atoms with E-state index in [9.17, 15) is 4.79 Å². The molecular formula is C24H22N6OS. The first-order chi connectivity index (χ1) is 15.6. The summed E-state index contributed by atoms with van der Waals surface area (Å²) >= 11 is 1.31. The number of aromatic nitrogens is 4. The molecule has 160 valence electrons. The second-order valence-electron chi connectivity index (χ2n) is 7.11. The third-order valence-electron chi connectivity index (χ3n) is 4.72. The summed E-state index contributed by atoms with van der Waals surface area (Å²) < 4.78 is 1.97. The van der Waals surface area contributed by atoms with E-state index >= 15 is 0 Å². The number of hydrogen-bond donors (Lipinski definition) is 1. The van der Waals surface area contributed by atoms with Gasteiger partial charge in [-0.05, 0) is 32.0 Å². The number of carbonyl (C=O) groups is 1. The molecule has 4 aromatic rings. The molecule has 0 spiro atoms. The molecule has 0 bridgehead atoms. The van der Waals surface area contributed by atoms with Crippen LogP contribution in [-0.2, 0) is 4.79 Å². The highest BCUT2D eigenvalue weighted by atomic mass is 32.2. The number of para-hydroxylation sites is 1. The maximum atomic E-state index is 12.4. The van der Waals surface area contributed by atoms with Crippen LogP contribution in [0.25, 0.3) is 17.1 Å². The van der Waals surface area contributed by atoms with Gasteiger partial charge in [-0.1, -0.05) is 65.9 Å². The Morgan fingerprint density at radius 1 is 1.03 bits per heavy atom. The second-order valence-corrected chi connectivity index (χ2v) is 8.05. The molecule has 2 aromatic heterocycles. The van der Waals surface area contributed by atoms with Crippen molar-refractivity contribution in [3.63, 3.8) is 0 Å². The van der Waals surface area contributed by atoms with Crippen LogP contribution in [0.4, 0.5) is 0 Å². The van der Waals surface area contributed by atoms with Crippen molar-refractivity contribution in [1.29, 1.82) is 0 Å². The summed E-state index contributed by atoms with van der Waals surface area (Å²) in [5.41, 5.74) is 7.20. The summed E-state index contributed by atoms with van der Waals surface area (Å²) in [6, 6.07) is 21.7. The molecule has 8 heteroatoms. The molecule has 0 radical (unpaired) electrons. The zero-order valence-electron chi connectivity index (χ0n) is 17.8. The van der Waals surface area contributed by atoms with Gasteiger partial charge < -0.3 is 0 Å². The van der Waals surface area contributed by atoms with Crippen molar-refractivity contribution < 1.29 is 4.79 Å². The smallest absolute Gasteiger partial charge is 0.250 e. The topological polar surface area (TPSA) is 85.1 Å². The Bertz CT molecular complexity index is 1220. The predicted octanol–water partition coefficient (Wildman–Crippen LogP) is 4.27. The number of hydrogen-bond acceptors (Lipinski definition) is 6. The maximum absolute atomic E-state index is 12.4. The van der Waals surface area contributed by atoms with Crippen LogP contribution in [0.3, 0.4) is 0 Å². The van der Waals surface area contributed by atoms with Crippen molar-refractivity contribution in [2.75, 3.05) is 5.75 Å². The number of aryl methyl sites for hydroxylation is 1. The quantitative estimate of drug-likeness (QED) is 0.262. The molecule has 0 saturated carbocycles. The van der Waals surface area contributed by atoms with Gasteiger partial charge >= 0.3 is 0 Å². The minimum Gasteiger partial charge on any atom is -0.272 e. The maximum Gasteiger partial charge on any atom is 0.250 e. The molecule has 0 aliphatic rings. The number of nitrogens with zero attached hydrogens (tertiary/aromatic N) is 5. The Balaban J connectivity index is 1.52. The van der Waals surface area contributed by atoms with Crippen LogP contribution < -0.4 is 5.43 Å². The fraction of sp³-hybridized carbons (Fsp3) is 0.125. The van der Waals surface area contributed by atoms with E-state index in [0.717, 1.165) is 22.6 Å². The van der Waals surface area contributed by atoms with Crippen LogP contribution in [0, 0.1) is 6.92 Å². The first-order valence-electron chi connectivity index (χ1n) is 10.1. The molecule has 0 atom stereocenters. The highest BCUT2D eigenvalue weighted by molar-refractivity contribution is 7.99. The van der Waals surface area contributed by atoms with Gasteiger partial charge in [0.25, 0.3) is 5.91 Å². The van der Waals surface area contributed by atoms with Crippen molar-refractivity contribution in [2.24, 2.45) is 5.10 Å². The summed E-state index contributed by atoms with van der Waals surface area (Å²) in [4.78, 5) is 16.5. The van der Waals surface area contributed by atoms with Crippen LogP contribution in [0.2, 0.25) is 0 Å². The van der Waals surface area contributed by atoms with E-state index < -0.39 is 0 Å². The summed E-state index contributed by atoms with van der Waals surface area (Å²) in [6.07, 6.45) is 3.40. The molecule has 0 saturated heterocycles. The molecule has 2 heterocycles. The van der Waals surface area contributed by atoms with E-state index in [2.05, 4.69) is 25.7 Å². The molecule has 32 heavy (non-hydrogen) atoms. The first kappa shape index (κ1) is 21.5. The van der Waals surface area contributed by atoms with E-state index in [0.29, 0.717) is 10.9 Å². The van der Waals surface area contributed by atoms with Gasteiger partial charge in [0.05, 0.1) is 11.5 Å². The van der Waals surface area contributed by atoms with Crippen LogP contribution >= 0.6 is 11.8 Å². The number of hydrazone groups is 1. The minimum absolute atomic E-state index is 0.155. The van der Waals surface area contributed by atoms with Crippen molar-refractivity contribution >= 4 is 23.4 Å². The Morgan fingerprint density at radius 2 is 1.81 bits per heavy atom. The molecular weight excluding hydrogens is 420 g/mol. The number of thioether (sulfide) groups is 1. The Kier molecular flexibility index (Phi) is 6.72. The number of benzene rings is 2. The second kappa shape index (κ2) is 10.0. The Hall–Kier alpha value is -3.78. The number of carbonyl (C=O) groups excluding carboxylic acids is 1. The third-order valence-corrected chi connectivity index (χ3v) is 5.65. The van der Waals surface area contributed by atoms with E-state index in [4.69, 9.17) is 0 Å². The first-order valence-corrected chi connectivity index (χ1v) is 11.0. The van der Waals surface area contributed by atoms with E-state index in [-0.39, 0.29) is 11.7 Å². The third kappa shape index (κ3) is 5.09. The van der Waals surface area contributed by atoms with Gasteiger partial charge in [0.2, 0.25) is 0 Å². The predicted molar refractivity (Wildman–Crippen MR) is 127 cm³/mol. The zero-order valence-corrected chi connectivity index (χ0v) is 18.6. The Morgan fingerprint density at radius 3 is 2.53 bits per heavy atom. The monoisotopic (exact) mass is 442 g/mol. The normalized spacial score (nSPS) is 11.4. The lowest BCUT2D eigenvalue weighted by molar-refractivity contribution is -0.118. The minimum atomic E-state index is -0.224. The summed E-state index contributed by atoms with van der Waals surface area (Å²) in [5, 5.41) is 13.6. The molecule has 0 aliphatic carbocycles. The number of amides is 1. The van der Waals surface area contributed by atoms with Gasteiger partial charge in [-0.3, -0.25) is 14.3 Å². The lowest BCUT2D eigenvalue weighted by atomic mass is 10.1. The molecule has 0 aliphatic heterocycles. The molecule has 4 rings (SSSR count). The summed E-state index contributed by atoms with van der Waals surface area (Å²) in [6.45, 7) is 3.87. The van der Waals surface area contributed by atoms with E-state index in [1.165, 1.54) is 17.3 Å². The largest absolute Gasteiger partial charge is 0.272 e. The highest BCUT2D eigenvalue weighted by Crippen LogP contribution is 2.28. The molecule has 1 N–H and O–H groups in total. The van der Waals surface area contributed by atoms with Crippen LogP contribution in [0.15, 0.2) is 89.4 Å². The summed E-state index contributed by atoms with van der Waals surface area (Å²) in [7, 11) is 0. The SMILES string of the molecule is C/C(=N\NC(=O)CSc1nnc(-c2ccc(C)cc2)n1-c1ccccc1)c1cccnc1. The van der Waals surface area contributed by atoms with Gasteiger partial charge in [-0.2, -0.15) is 5.10 Å². The average molecular weight is 443 g/mol. The van der Waals surface area contributed by atoms with Crippen LogP contribution in [0.1, 0.15) is 18.1 Å². The van der Waals surface area contributed by atoms with Gasteiger partial charge in [-0.25, -0.2) is 5.43 Å². The fourth-order valence-corrected chi connectivity index (χ4v) is 3.76. The number of pyridine rings is 1. The molecule has 7 nitrogen and oxygen atoms in total. The standard InChI is InChI=1S/C24H22N6OS/c1-17-10-12-19(13-11-17)23-28-29-24(30(23)21-8-4-3-5-9-21)32-16-22(31)27-26-18(2)20-7-6-14-25-15-20/h3-15H,16H2,1-2H3,(H,27,31)/b26-18+. The number of nitrogens with one attached hydrogen (secondary N) is 1. The van der Waals surface area contributed by atoms with E-state index in [1.807, 2.05) is 85.1 Å². The molecule has 0 fully saturated rings. The number of rotatable bonds is 7. The average Bonchev–Trinajstić information content (AvgIpc) is 3.26. The van der Waals surface area contributed by atoms with Gasteiger partial charge in [-0.15, -0.1) is 10.2 Å². The molecule has 1 amide bonds. The van der Waals surface area contributed by atoms with Crippen molar-refractivity contribution in [2.45, 2.75) is 19.0 Å². The van der Waals surface area contributed by atoms with Crippen molar-refractivity contribution in [1.82, 2.24) is 25.2 Å². The van der Waals surface area contributed by atoms with Gasteiger partial charge in [0.15, 0.2) is 11.0 Å². The lowest BCUT2D eigenvalue weighted by Gasteiger charge is -2.10. The Labute approximate surface area is 190 Å². The zero-order chi connectivity index (χ0) is 22.3. The van der Waals surface area contributed by atoms with Gasteiger partial charge in [0, 0.05) is 29.2 Å². The molecule has 0 unspecified atom stereocenters. The highest BCUT2D eigenvalue weighted by Gasteiger charge is 2.17. The lowest BCUT2D eigenvalue weighted by Crippen LogP contribution is -2.21. The molecule has 2 aromatic carbocycles. The van der Waals surface area contributed by atoms with Crippen LogP contribution in [0.5, 0.6) is 0 Å². The van der Waals surface area contributed by atoms with Gasteiger partial charge in [0.1, 0.15) is 0 Å². The van der Waals surface area contributed by atoms with Crippen LogP contribution in [-0.4, -0.2) is 37.1 Å². The van der Waals surface area contributed by atoms with Crippen molar-refractivity contribution in [3.8, 4) is 17.1 Å². The fourth-order valence-electron chi connectivity index (χ4n) is 3.01.